The van der Waals surface area contributed by atoms with Crippen molar-refractivity contribution in [3.05, 3.63) is 70.3 Å². The number of halogens is 1. The molecule has 0 aromatic heterocycles. The maximum Gasteiger partial charge on any atom is 0.257 e. The lowest BCUT2D eigenvalue weighted by Gasteiger charge is -2.31. The van der Waals surface area contributed by atoms with E-state index in [1.807, 2.05) is 44.2 Å². The molecule has 5 nitrogen and oxygen atoms in total. The lowest BCUT2D eigenvalue weighted by molar-refractivity contribution is 0.0977. The van der Waals surface area contributed by atoms with Crippen molar-refractivity contribution in [1.82, 2.24) is 5.32 Å². The van der Waals surface area contributed by atoms with Gasteiger partial charge in [0.2, 0.25) is 0 Å². The molecule has 0 aliphatic carbocycles. The number of hydrogen-bond acceptors (Lipinski definition) is 4. The van der Waals surface area contributed by atoms with E-state index in [9.17, 15) is 9.59 Å². The van der Waals surface area contributed by atoms with Gasteiger partial charge in [-0.05, 0) is 55.7 Å². The lowest BCUT2D eigenvalue weighted by atomic mass is 10.0. The molecule has 29 heavy (non-hydrogen) atoms. The lowest BCUT2D eigenvalue weighted by Crippen LogP contribution is -2.34. The zero-order valence-electron chi connectivity index (χ0n) is 16.7. The number of amidine groups is 1. The fourth-order valence-electron chi connectivity index (χ4n) is 3.24. The average molecular weight is 430 g/mol. The average Bonchev–Trinajstić information content (AvgIpc) is 3.03. The number of carbonyl (C=O) groups is 2. The highest BCUT2D eigenvalue weighted by Gasteiger charge is 2.40. The van der Waals surface area contributed by atoms with Crippen LogP contribution in [-0.2, 0) is 0 Å². The normalized spacial score (nSPS) is 20.4. The number of nitrogens with one attached hydrogen (secondary N) is 1. The molecular weight excluding hydrogens is 406 g/mol. The van der Waals surface area contributed by atoms with E-state index < -0.39 is 9.24 Å². The van der Waals surface area contributed by atoms with Crippen molar-refractivity contribution in [2.45, 2.75) is 33.6 Å². The van der Waals surface area contributed by atoms with Gasteiger partial charge in [0.1, 0.15) is 5.04 Å². The summed E-state index contributed by atoms with van der Waals surface area (Å²) in [6.07, 6.45) is 2.73. The minimum absolute atomic E-state index is 0.251. The first-order valence-electron chi connectivity index (χ1n) is 9.50. The molecule has 1 aliphatic heterocycles. The van der Waals surface area contributed by atoms with Gasteiger partial charge in [-0.25, -0.2) is 0 Å². The van der Waals surface area contributed by atoms with E-state index in [0.717, 1.165) is 35.8 Å². The van der Waals surface area contributed by atoms with Crippen molar-refractivity contribution in [1.29, 1.82) is 0 Å². The van der Waals surface area contributed by atoms with Crippen LogP contribution in [0.15, 0.2) is 52.7 Å². The largest absolute Gasteiger partial charge is 0.300 e. The number of benzene rings is 2. The van der Waals surface area contributed by atoms with Crippen LogP contribution < -0.4 is 5.32 Å². The molecule has 0 radical (unpaired) electrons. The summed E-state index contributed by atoms with van der Waals surface area (Å²) in [5, 5.41) is 12.7. The molecule has 0 bridgehead atoms. The Morgan fingerprint density at radius 1 is 1.14 bits per heavy atom. The zero-order chi connectivity index (χ0) is 21.0. The van der Waals surface area contributed by atoms with Gasteiger partial charge in [0.15, 0.2) is 11.5 Å². The third-order valence-electron chi connectivity index (χ3n) is 4.84. The molecule has 0 saturated carbocycles. The molecule has 1 unspecified atom stereocenters. The molecule has 0 spiro atoms. The molecule has 2 aromatic rings. The quantitative estimate of drug-likeness (QED) is 0.630. The van der Waals surface area contributed by atoms with E-state index >= 15 is 0 Å². The maximum absolute atomic E-state index is 12.7. The standard InChI is InChI=1S/C22H24ClN3O2S/c1-4-5-11-29(23)21(18-12-15(2)19(14-27)16(3)13-18)25-26-22(29)24-20(28)17-9-7-6-8-10-17/h6-10,12-14H,4-5,11H2,1-3H3,(H,24,26,28). The first-order valence-corrected chi connectivity index (χ1v) is 12.1. The number of aldehydes is 1. The molecule has 2 aromatic carbocycles. The molecule has 0 fully saturated rings. The smallest absolute Gasteiger partial charge is 0.257 e. The Hall–Kier alpha value is -2.44. The van der Waals surface area contributed by atoms with E-state index in [4.69, 9.17) is 10.7 Å². The predicted molar refractivity (Wildman–Crippen MR) is 122 cm³/mol. The molecule has 1 atom stereocenters. The number of aryl methyl sites for hydroxylation is 2. The Kier molecular flexibility index (Phi) is 6.55. The summed E-state index contributed by atoms with van der Waals surface area (Å²) in [7, 11) is 5.06. The molecule has 0 saturated heterocycles. The van der Waals surface area contributed by atoms with Crippen LogP contribution in [0.4, 0.5) is 0 Å². The second kappa shape index (κ2) is 8.93. The monoisotopic (exact) mass is 429 g/mol. The van der Waals surface area contributed by atoms with Gasteiger partial charge in [0.25, 0.3) is 5.91 Å². The van der Waals surface area contributed by atoms with Crippen LogP contribution in [0, 0.1) is 13.8 Å². The van der Waals surface area contributed by atoms with Crippen molar-refractivity contribution in [3.63, 3.8) is 0 Å². The van der Waals surface area contributed by atoms with Gasteiger partial charge in [-0.1, -0.05) is 51.5 Å². The first-order chi connectivity index (χ1) is 13.9. The summed E-state index contributed by atoms with van der Waals surface area (Å²) in [5.74, 6) is 0.421. The van der Waals surface area contributed by atoms with Crippen LogP contribution in [0.2, 0.25) is 0 Å². The van der Waals surface area contributed by atoms with Gasteiger partial charge < -0.3 is 0 Å². The van der Waals surface area contributed by atoms with Crippen LogP contribution in [0.3, 0.4) is 0 Å². The maximum atomic E-state index is 12.7. The fraction of sp³-hybridized carbons (Fsp3) is 0.273. The highest BCUT2D eigenvalue weighted by Crippen LogP contribution is 2.60. The molecule has 152 valence electrons. The molecule has 1 amide bonds. The summed E-state index contributed by atoms with van der Waals surface area (Å²) >= 11 is 0. The third-order valence-corrected chi connectivity index (χ3v) is 8.76. The number of hydrogen-bond donors (Lipinski definition) is 1. The Morgan fingerprint density at radius 2 is 1.79 bits per heavy atom. The van der Waals surface area contributed by atoms with Gasteiger partial charge in [-0.2, -0.15) is 0 Å². The molecule has 3 rings (SSSR count). The van der Waals surface area contributed by atoms with E-state index in [-0.39, 0.29) is 5.91 Å². The predicted octanol–water partition coefficient (Wildman–Crippen LogP) is 5.34. The van der Waals surface area contributed by atoms with Crippen molar-refractivity contribution in [2.24, 2.45) is 10.2 Å². The topological polar surface area (TPSA) is 70.9 Å². The molecule has 1 aliphatic rings. The summed E-state index contributed by atoms with van der Waals surface area (Å²) < 4.78 is 0. The van der Waals surface area contributed by atoms with Crippen LogP contribution in [0.1, 0.15) is 57.2 Å². The molecular formula is C22H24ClN3O2S. The van der Waals surface area contributed by atoms with Gasteiger partial charge >= 0.3 is 0 Å². The summed E-state index contributed by atoms with van der Waals surface area (Å²) in [6.45, 7) is 5.88. The Labute approximate surface area is 177 Å². The van der Waals surface area contributed by atoms with Crippen molar-refractivity contribution < 1.29 is 9.59 Å². The van der Waals surface area contributed by atoms with Gasteiger partial charge in [0.05, 0.1) is 0 Å². The van der Waals surface area contributed by atoms with Gasteiger partial charge in [-0.3, -0.25) is 14.9 Å². The minimum Gasteiger partial charge on any atom is -0.300 e. The number of unbranched alkanes of at least 4 members (excludes halogenated alkanes) is 1. The van der Waals surface area contributed by atoms with Crippen molar-refractivity contribution >= 4 is 42.3 Å². The van der Waals surface area contributed by atoms with E-state index in [1.165, 1.54) is 0 Å². The summed E-state index contributed by atoms with van der Waals surface area (Å²) in [4.78, 5) is 24.0. The van der Waals surface area contributed by atoms with Crippen LogP contribution in [0.5, 0.6) is 0 Å². The summed E-state index contributed by atoms with van der Waals surface area (Å²) in [6, 6.07) is 12.8. The van der Waals surface area contributed by atoms with Crippen LogP contribution in [0.25, 0.3) is 0 Å². The second-order valence-corrected chi connectivity index (χ2v) is 11.1. The van der Waals surface area contributed by atoms with Crippen molar-refractivity contribution in [3.8, 4) is 0 Å². The minimum atomic E-state index is -2.10. The SMILES string of the molecule is CCCCS1(Cl)C(NC(=O)c2ccccc2)=NN=C1c1cc(C)c(C=O)c(C)c1. The molecule has 1 heterocycles. The van der Waals surface area contributed by atoms with E-state index in [0.29, 0.717) is 27.1 Å². The molecule has 7 heteroatoms. The van der Waals surface area contributed by atoms with E-state index in [2.05, 4.69) is 22.4 Å². The van der Waals surface area contributed by atoms with Crippen LogP contribution >= 0.6 is 19.9 Å². The Bertz CT molecular complexity index is 981. The Balaban J connectivity index is 1.94. The first kappa shape index (κ1) is 21.3. The van der Waals surface area contributed by atoms with Gasteiger partial charge in [-0.15, -0.1) is 10.2 Å². The number of carbonyl (C=O) groups excluding carboxylic acids is 2. The highest BCUT2D eigenvalue weighted by molar-refractivity contribution is 8.70. The second-order valence-electron chi connectivity index (χ2n) is 6.98. The van der Waals surface area contributed by atoms with Crippen LogP contribution in [-0.4, -0.2) is 28.2 Å². The number of nitrogens with zero attached hydrogens (tertiary/aromatic N) is 2. The Morgan fingerprint density at radius 3 is 2.38 bits per heavy atom. The van der Waals surface area contributed by atoms with Crippen molar-refractivity contribution in [2.75, 3.05) is 5.75 Å². The fourth-order valence-corrected chi connectivity index (χ4v) is 6.48. The van der Waals surface area contributed by atoms with Gasteiger partial charge in [0, 0.05) is 22.4 Å². The molecule has 1 N–H and O–H groups in total. The highest BCUT2D eigenvalue weighted by atomic mass is 35.7. The summed E-state index contributed by atoms with van der Waals surface area (Å²) in [5.41, 5.74) is 3.80. The van der Waals surface area contributed by atoms with E-state index in [1.54, 1.807) is 12.1 Å². The number of amides is 1. The zero-order valence-corrected chi connectivity index (χ0v) is 18.3. The third kappa shape index (κ3) is 4.28. The number of rotatable bonds is 6.